The van der Waals surface area contributed by atoms with Crippen molar-refractivity contribution in [2.75, 3.05) is 20.8 Å². The average Bonchev–Trinajstić information content (AvgIpc) is 2.99. The summed E-state index contributed by atoms with van der Waals surface area (Å²) in [6.07, 6.45) is 1.74. The van der Waals surface area contributed by atoms with Gasteiger partial charge in [0, 0.05) is 6.54 Å². The Kier molecular flexibility index (Phi) is 5.84. The molecule has 0 aromatic heterocycles. The van der Waals surface area contributed by atoms with Crippen LogP contribution in [0, 0.1) is 5.41 Å². The summed E-state index contributed by atoms with van der Waals surface area (Å²) in [4.78, 5) is 13.2. The Morgan fingerprint density at radius 1 is 1.07 bits per heavy atom. The van der Waals surface area contributed by atoms with Gasteiger partial charge in [0.15, 0.2) is 17.3 Å². The predicted octanol–water partition coefficient (Wildman–Crippen LogP) is 3.65. The maximum Gasteiger partial charge on any atom is 0.327 e. The van der Waals surface area contributed by atoms with Gasteiger partial charge >= 0.3 is 6.03 Å². The summed E-state index contributed by atoms with van der Waals surface area (Å²) in [5, 5.41) is 10.8. The van der Waals surface area contributed by atoms with Gasteiger partial charge in [0.25, 0.3) is 0 Å². The molecule has 0 atom stereocenters. The van der Waals surface area contributed by atoms with E-state index >= 15 is 0 Å². The molecule has 3 rings (SSSR count). The topological polar surface area (TPSA) is 83.9 Å². The summed E-state index contributed by atoms with van der Waals surface area (Å²) < 4.78 is 16.5. The van der Waals surface area contributed by atoms with Gasteiger partial charge in [0.2, 0.25) is 0 Å². The lowest BCUT2D eigenvalue weighted by Gasteiger charge is -2.12. The second kappa shape index (κ2) is 8.47. The molecule has 2 aromatic carbocycles. The number of rotatable bonds is 7. The maximum absolute atomic E-state index is 11.8. The molecule has 0 unspecified atom stereocenters. The lowest BCUT2D eigenvalue weighted by Crippen LogP contribution is -2.29. The van der Waals surface area contributed by atoms with Crippen molar-refractivity contribution in [1.29, 1.82) is 5.41 Å². The predicted molar refractivity (Wildman–Crippen MR) is 107 cm³/mol. The van der Waals surface area contributed by atoms with Crippen LogP contribution < -0.4 is 19.5 Å². The van der Waals surface area contributed by atoms with Crippen molar-refractivity contribution in [2.24, 2.45) is 0 Å². The number of carbonyl (C=O) groups is 1. The third kappa shape index (κ3) is 4.09. The summed E-state index contributed by atoms with van der Waals surface area (Å²) in [5.74, 6) is 2.14. The van der Waals surface area contributed by atoms with E-state index in [9.17, 15) is 4.79 Å². The number of hydrogen-bond donors (Lipinski definition) is 2. The molecule has 2 N–H and O–H groups in total. The van der Waals surface area contributed by atoms with Crippen molar-refractivity contribution in [3.05, 3.63) is 59.3 Å². The van der Waals surface area contributed by atoms with E-state index in [1.807, 2.05) is 49.4 Å². The van der Waals surface area contributed by atoms with E-state index in [1.54, 1.807) is 20.3 Å². The normalized spacial score (nSPS) is 15.0. The number of likely N-dealkylation sites (N-methyl/N-ethyl adjacent to an activating group) is 1. The molecule has 2 aromatic rings. The van der Waals surface area contributed by atoms with E-state index in [2.05, 4.69) is 5.32 Å². The number of ether oxygens (including phenoxy) is 3. The summed E-state index contributed by atoms with van der Waals surface area (Å²) in [6, 6.07) is 12.8. The van der Waals surface area contributed by atoms with Crippen LogP contribution in [0.4, 0.5) is 4.79 Å². The van der Waals surface area contributed by atoms with E-state index in [0.29, 0.717) is 30.3 Å². The molecule has 1 heterocycles. The first kappa shape index (κ1) is 19.3. The fourth-order valence-corrected chi connectivity index (χ4v) is 2.84. The average molecular weight is 381 g/mol. The van der Waals surface area contributed by atoms with Gasteiger partial charge in [-0.3, -0.25) is 10.3 Å². The number of nitrogens with zero attached hydrogens (tertiary/aromatic N) is 1. The van der Waals surface area contributed by atoms with E-state index < -0.39 is 0 Å². The summed E-state index contributed by atoms with van der Waals surface area (Å²) >= 11 is 0. The largest absolute Gasteiger partial charge is 0.497 e. The smallest absolute Gasteiger partial charge is 0.327 e. The van der Waals surface area contributed by atoms with Crippen LogP contribution in [0.3, 0.4) is 0 Å². The molecule has 7 nitrogen and oxygen atoms in total. The molecule has 146 valence electrons. The maximum atomic E-state index is 11.8. The number of urea groups is 1. The van der Waals surface area contributed by atoms with Gasteiger partial charge in [0.1, 0.15) is 12.4 Å². The lowest BCUT2D eigenvalue weighted by molar-refractivity contribution is 0.230. The molecule has 1 aliphatic rings. The SMILES string of the molecule is CCN1C(=N)/C(=C/c2ccc(OCc3ccc(OC)cc3)c(OC)c2)NC1=O. The van der Waals surface area contributed by atoms with Crippen molar-refractivity contribution in [2.45, 2.75) is 13.5 Å². The van der Waals surface area contributed by atoms with Crippen molar-refractivity contribution >= 4 is 17.9 Å². The first-order valence-electron chi connectivity index (χ1n) is 8.88. The molecule has 28 heavy (non-hydrogen) atoms. The number of benzene rings is 2. The minimum atomic E-state index is -0.287. The second-order valence-corrected chi connectivity index (χ2v) is 6.13. The molecule has 1 saturated heterocycles. The molecule has 0 aliphatic carbocycles. The number of hydrogen-bond acceptors (Lipinski definition) is 5. The number of carbonyl (C=O) groups excluding carboxylic acids is 1. The molecular formula is C21H23N3O4. The minimum Gasteiger partial charge on any atom is -0.497 e. The van der Waals surface area contributed by atoms with E-state index in [0.717, 1.165) is 16.9 Å². The van der Waals surface area contributed by atoms with Gasteiger partial charge in [0.05, 0.1) is 19.9 Å². The summed E-state index contributed by atoms with van der Waals surface area (Å²) in [6.45, 7) is 2.67. The van der Waals surface area contributed by atoms with Crippen LogP contribution in [0.1, 0.15) is 18.1 Å². The van der Waals surface area contributed by atoms with Crippen molar-refractivity contribution in [3.8, 4) is 17.2 Å². The van der Waals surface area contributed by atoms with Crippen LogP contribution in [0.15, 0.2) is 48.2 Å². The van der Waals surface area contributed by atoms with Gasteiger partial charge < -0.3 is 19.5 Å². The highest BCUT2D eigenvalue weighted by Gasteiger charge is 2.28. The molecule has 7 heteroatoms. The zero-order chi connectivity index (χ0) is 20.1. The Bertz CT molecular complexity index is 906. The third-order valence-corrected chi connectivity index (χ3v) is 4.38. The molecule has 2 amide bonds. The highest BCUT2D eigenvalue weighted by Crippen LogP contribution is 2.30. The molecule has 1 aliphatic heterocycles. The van der Waals surface area contributed by atoms with Gasteiger partial charge in [-0.2, -0.15) is 0 Å². The Labute approximate surface area is 164 Å². The van der Waals surface area contributed by atoms with Gasteiger partial charge in [-0.15, -0.1) is 0 Å². The number of amides is 2. The first-order valence-corrected chi connectivity index (χ1v) is 8.88. The molecule has 0 bridgehead atoms. The van der Waals surface area contributed by atoms with Gasteiger partial charge in [-0.05, 0) is 48.4 Å². The first-order chi connectivity index (χ1) is 13.5. The molecular weight excluding hydrogens is 358 g/mol. The summed E-state index contributed by atoms with van der Waals surface area (Å²) in [5.41, 5.74) is 2.27. The van der Waals surface area contributed by atoms with Crippen LogP contribution >= 0.6 is 0 Å². The Morgan fingerprint density at radius 3 is 2.43 bits per heavy atom. The van der Waals surface area contributed by atoms with Crippen molar-refractivity contribution in [1.82, 2.24) is 10.2 Å². The number of amidine groups is 1. The quantitative estimate of drug-likeness (QED) is 0.767. The van der Waals surface area contributed by atoms with Crippen LogP contribution in [0.2, 0.25) is 0 Å². The Hall–Kier alpha value is -3.48. The van der Waals surface area contributed by atoms with E-state index in [4.69, 9.17) is 19.6 Å². The molecule has 0 radical (unpaired) electrons. The fourth-order valence-electron chi connectivity index (χ4n) is 2.84. The standard InChI is InChI=1S/C21H23N3O4/c1-4-24-20(22)17(23-21(24)25)11-15-7-10-18(19(12-15)27-3)28-13-14-5-8-16(26-2)9-6-14/h5-12,22H,4,13H2,1-3H3,(H,23,25)/b17-11-,22-20?. The number of methoxy groups -OCH3 is 2. The van der Waals surface area contributed by atoms with Crippen molar-refractivity contribution in [3.63, 3.8) is 0 Å². The highest BCUT2D eigenvalue weighted by molar-refractivity contribution is 6.15. The lowest BCUT2D eigenvalue weighted by atomic mass is 10.1. The minimum absolute atomic E-state index is 0.159. The van der Waals surface area contributed by atoms with Crippen LogP contribution in [-0.4, -0.2) is 37.5 Å². The van der Waals surface area contributed by atoms with Crippen molar-refractivity contribution < 1.29 is 19.0 Å². The Balaban J connectivity index is 1.74. The van der Waals surface area contributed by atoms with Gasteiger partial charge in [-0.25, -0.2) is 4.79 Å². The van der Waals surface area contributed by atoms with Crippen LogP contribution in [0.25, 0.3) is 6.08 Å². The zero-order valence-electron chi connectivity index (χ0n) is 16.1. The summed E-state index contributed by atoms with van der Waals surface area (Å²) in [7, 11) is 3.20. The van der Waals surface area contributed by atoms with E-state index in [-0.39, 0.29) is 11.9 Å². The van der Waals surface area contributed by atoms with E-state index in [1.165, 1.54) is 4.90 Å². The molecule has 1 fully saturated rings. The van der Waals surface area contributed by atoms with Gasteiger partial charge in [-0.1, -0.05) is 18.2 Å². The fraction of sp³-hybridized carbons (Fsp3) is 0.238. The third-order valence-electron chi connectivity index (χ3n) is 4.38. The molecule has 0 saturated carbocycles. The number of nitrogens with one attached hydrogen (secondary N) is 2. The highest BCUT2D eigenvalue weighted by atomic mass is 16.5. The zero-order valence-corrected chi connectivity index (χ0v) is 16.1. The van der Waals surface area contributed by atoms with Crippen LogP contribution in [-0.2, 0) is 6.61 Å². The monoisotopic (exact) mass is 381 g/mol. The molecule has 0 spiro atoms. The second-order valence-electron chi connectivity index (χ2n) is 6.13. The van der Waals surface area contributed by atoms with Crippen LogP contribution in [0.5, 0.6) is 17.2 Å². The Morgan fingerprint density at radius 2 is 1.82 bits per heavy atom.